The maximum atomic E-state index is 5.66. The van der Waals surface area contributed by atoms with Crippen LogP contribution in [0.15, 0.2) is 70.9 Å². The van der Waals surface area contributed by atoms with E-state index < -0.39 is 0 Å². The van der Waals surface area contributed by atoms with Crippen molar-refractivity contribution in [3.8, 4) is 12.3 Å². The van der Waals surface area contributed by atoms with E-state index in [0.29, 0.717) is 0 Å². The fourth-order valence-electron chi connectivity index (χ4n) is 4.39. The van der Waals surface area contributed by atoms with E-state index in [-0.39, 0.29) is 0 Å². The van der Waals surface area contributed by atoms with Gasteiger partial charge in [-0.25, -0.2) is 0 Å². The van der Waals surface area contributed by atoms with Crippen molar-refractivity contribution in [2.75, 3.05) is 18.0 Å². The van der Waals surface area contributed by atoms with Crippen molar-refractivity contribution < 1.29 is 0 Å². The molecule has 0 amide bonds. The first-order valence-electron chi connectivity index (χ1n) is 11.3. The summed E-state index contributed by atoms with van der Waals surface area (Å²) in [5.41, 5.74) is 11.1. The van der Waals surface area contributed by atoms with E-state index in [1.165, 1.54) is 57.5 Å². The third-order valence-electron chi connectivity index (χ3n) is 6.28. The molecule has 2 aliphatic carbocycles. The maximum absolute atomic E-state index is 5.66. The molecule has 0 atom stereocenters. The highest BCUT2D eigenvalue weighted by Gasteiger charge is 2.23. The minimum atomic E-state index is 0.914. The zero-order valence-electron chi connectivity index (χ0n) is 19.1. The first kappa shape index (κ1) is 22.0. The van der Waals surface area contributed by atoms with Gasteiger partial charge in [-0.15, -0.1) is 6.42 Å². The summed E-state index contributed by atoms with van der Waals surface area (Å²) in [4.78, 5) is 2.57. The van der Waals surface area contributed by atoms with E-state index in [1.807, 2.05) is 6.08 Å². The first-order valence-corrected chi connectivity index (χ1v) is 11.3. The predicted octanol–water partition coefficient (Wildman–Crippen LogP) is 7.17. The van der Waals surface area contributed by atoms with Gasteiger partial charge in [0, 0.05) is 18.8 Å². The van der Waals surface area contributed by atoms with Gasteiger partial charge in [0.15, 0.2) is 0 Å². The van der Waals surface area contributed by atoms with Gasteiger partial charge in [0.2, 0.25) is 0 Å². The molecule has 0 aliphatic heterocycles. The van der Waals surface area contributed by atoms with Gasteiger partial charge in [0.05, 0.1) is 0 Å². The Morgan fingerprint density at radius 3 is 2.67 bits per heavy atom. The van der Waals surface area contributed by atoms with E-state index >= 15 is 0 Å². The fraction of sp³-hybridized carbons (Fsp3) is 0.379. The van der Waals surface area contributed by atoms with Crippen LogP contribution in [0.5, 0.6) is 0 Å². The van der Waals surface area contributed by atoms with Crippen molar-refractivity contribution in [2.24, 2.45) is 0 Å². The summed E-state index contributed by atoms with van der Waals surface area (Å²) in [6, 6.07) is 4.76. The number of benzene rings is 1. The van der Waals surface area contributed by atoms with Gasteiger partial charge < -0.3 is 4.90 Å². The quantitative estimate of drug-likeness (QED) is 0.441. The second-order valence-electron chi connectivity index (χ2n) is 8.34. The van der Waals surface area contributed by atoms with Crippen LogP contribution in [-0.4, -0.2) is 13.1 Å². The average molecular weight is 398 g/mol. The van der Waals surface area contributed by atoms with Crippen LogP contribution >= 0.6 is 0 Å². The van der Waals surface area contributed by atoms with Crippen LogP contribution in [0.2, 0.25) is 0 Å². The number of rotatable bonds is 7. The second-order valence-corrected chi connectivity index (χ2v) is 8.34. The minimum absolute atomic E-state index is 0.914. The fourth-order valence-corrected chi connectivity index (χ4v) is 4.39. The number of allylic oxidation sites excluding steroid dienone is 9. The highest BCUT2D eigenvalue weighted by molar-refractivity contribution is 5.63. The van der Waals surface area contributed by atoms with Crippen LogP contribution in [0.4, 0.5) is 5.69 Å². The van der Waals surface area contributed by atoms with Gasteiger partial charge in [-0.1, -0.05) is 62.6 Å². The molecule has 1 aromatic carbocycles. The highest BCUT2D eigenvalue weighted by Crippen LogP contribution is 2.40. The molecule has 0 N–H and O–H groups in total. The van der Waals surface area contributed by atoms with Crippen molar-refractivity contribution in [3.05, 3.63) is 87.6 Å². The van der Waals surface area contributed by atoms with E-state index in [9.17, 15) is 0 Å². The van der Waals surface area contributed by atoms with Gasteiger partial charge in [0.1, 0.15) is 0 Å². The molecule has 2 aliphatic rings. The lowest BCUT2D eigenvalue weighted by Crippen LogP contribution is -2.26. The number of unbranched alkanes of at least 4 members (excludes halogenated alkanes) is 1. The lowest BCUT2D eigenvalue weighted by atomic mass is 9.99. The third kappa shape index (κ3) is 4.88. The molecule has 0 unspecified atom stereocenters. The molecular weight excluding hydrogens is 362 g/mol. The standard InChI is InChI=1S/C29H35N/c1-6-9-17-30(29-20-23(5)22(4)19-24(29)8-3)18-16-28-25(13-7-2)21-26-14-11-10-12-15-27(26)28/h2,10-14,16,19-20H,6,8-9,15,17-18,21H2,1,3-5H3/b25-13-,28-16+. The van der Waals surface area contributed by atoms with Crippen LogP contribution in [0, 0.1) is 26.2 Å². The Morgan fingerprint density at radius 2 is 1.93 bits per heavy atom. The first-order chi connectivity index (χ1) is 14.6. The highest BCUT2D eigenvalue weighted by atomic mass is 15.1. The molecule has 0 heterocycles. The lowest BCUT2D eigenvalue weighted by molar-refractivity contribution is 0.742. The topological polar surface area (TPSA) is 3.24 Å². The van der Waals surface area contributed by atoms with Crippen LogP contribution in [0.3, 0.4) is 0 Å². The summed E-state index contributed by atoms with van der Waals surface area (Å²) in [5.74, 6) is 2.77. The Morgan fingerprint density at radius 1 is 1.13 bits per heavy atom. The molecule has 1 aromatic rings. The predicted molar refractivity (Wildman–Crippen MR) is 132 cm³/mol. The van der Waals surface area contributed by atoms with Gasteiger partial charge in [-0.2, -0.15) is 0 Å². The molecule has 156 valence electrons. The molecule has 0 aromatic heterocycles. The molecule has 0 spiro atoms. The SMILES string of the molecule is C#C/C=C1/CC2=C(CC=CC=C2)/C1=C/CN(CCCC)c1cc(C)c(C)cc1CC. The van der Waals surface area contributed by atoms with E-state index in [2.05, 4.69) is 81.0 Å². The Balaban J connectivity index is 1.98. The average Bonchev–Trinajstić information content (AvgIpc) is 2.90. The smallest absolute Gasteiger partial charge is 0.0404 e. The van der Waals surface area contributed by atoms with Crippen molar-refractivity contribution in [3.63, 3.8) is 0 Å². The third-order valence-corrected chi connectivity index (χ3v) is 6.28. The van der Waals surface area contributed by atoms with Crippen molar-refractivity contribution in [1.82, 2.24) is 0 Å². The molecule has 1 nitrogen and oxygen atoms in total. The number of nitrogens with zero attached hydrogens (tertiary/aromatic N) is 1. The number of aryl methyl sites for hydroxylation is 3. The Bertz CT molecular complexity index is 972. The summed E-state index contributed by atoms with van der Waals surface area (Å²) < 4.78 is 0. The van der Waals surface area contributed by atoms with E-state index in [1.54, 1.807) is 0 Å². The molecule has 0 bridgehead atoms. The Labute approximate surface area is 183 Å². The maximum Gasteiger partial charge on any atom is 0.0404 e. The number of terminal acetylenes is 1. The summed E-state index contributed by atoms with van der Waals surface area (Å²) in [5, 5.41) is 0. The number of hydrogen-bond acceptors (Lipinski definition) is 1. The monoisotopic (exact) mass is 397 g/mol. The van der Waals surface area contributed by atoms with Crippen molar-refractivity contribution >= 4 is 5.69 Å². The van der Waals surface area contributed by atoms with E-state index in [4.69, 9.17) is 6.42 Å². The zero-order chi connectivity index (χ0) is 21.5. The van der Waals surface area contributed by atoms with Crippen molar-refractivity contribution in [2.45, 2.75) is 59.8 Å². The van der Waals surface area contributed by atoms with Crippen molar-refractivity contribution in [1.29, 1.82) is 0 Å². The van der Waals surface area contributed by atoms with Gasteiger partial charge in [-0.05, 0) is 90.7 Å². The van der Waals surface area contributed by atoms with Crippen LogP contribution < -0.4 is 4.90 Å². The van der Waals surface area contributed by atoms with Gasteiger partial charge in [-0.3, -0.25) is 0 Å². The Hall–Kier alpha value is -2.72. The van der Waals surface area contributed by atoms with E-state index in [0.717, 1.165) is 32.4 Å². The molecule has 3 rings (SSSR count). The van der Waals surface area contributed by atoms with Crippen LogP contribution in [0.1, 0.15) is 56.2 Å². The van der Waals surface area contributed by atoms with Gasteiger partial charge >= 0.3 is 0 Å². The molecule has 30 heavy (non-hydrogen) atoms. The normalized spacial score (nSPS) is 18.1. The summed E-state index contributed by atoms with van der Waals surface area (Å²) >= 11 is 0. The lowest BCUT2D eigenvalue weighted by Gasteiger charge is -2.27. The summed E-state index contributed by atoms with van der Waals surface area (Å²) in [6.07, 6.45) is 24.2. The van der Waals surface area contributed by atoms with Crippen LogP contribution in [0.25, 0.3) is 0 Å². The minimum Gasteiger partial charge on any atom is -0.368 e. The number of hydrogen-bond donors (Lipinski definition) is 0. The molecule has 0 fully saturated rings. The molecule has 0 saturated heterocycles. The molecule has 0 saturated carbocycles. The Kier molecular flexibility index (Phi) is 7.58. The summed E-state index contributed by atoms with van der Waals surface area (Å²) in [7, 11) is 0. The van der Waals surface area contributed by atoms with Gasteiger partial charge in [0.25, 0.3) is 0 Å². The molecule has 1 heteroatoms. The zero-order valence-corrected chi connectivity index (χ0v) is 19.1. The second kappa shape index (κ2) is 10.4. The molecule has 0 radical (unpaired) electrons. The largest absolute Gasteiger partial charge is 0.368 e. The summed E-state index contributed by atoms with van der Waals surface area (Å²) in [6.45, 7) is 11.0. The number of anilines is 1. The van der Waals surface area contributed by atoms with Crippen LogP contribution in [-0.2, 0) is 6.42 Å². The molecular formula is C29H35N.